The first-order chi connectivity index (χ1) is 15.0. The SMILES string of the molecule is CN1C(=O)C(Cc2ccc(N3c4ccccc4Sc4cccnc43)[se]2)C(=O)N(C)C1=O. The van der Waals surface area contributed by atoms with Crippen LogP contribution >= 0.6 is 11.8 Å². The number of fused-ring (bicyclic) bond motifs is 2. The van der Waals surface area contributed by atoms with Gasteiger partial charge in [-0.25, -0.2) is 0 Å². The number of imide groups is 2. The summed E-state index contributed by atoms with van der Waals surface area (Å²) in [5, 5.41) is 0. The summed E-state index contributed by atoms with van der Waals surface area (Å²) >= 11 is 1.62. The number of urea groups is 1. The van der Waals surface area contributed by atoms with E-state index in [4.69, 9.17) is 0 Å². The van der Waals surface area contributed by atoms with Gasteiger partial charge in [0.2, 0.25) is 0 Å². The Balaban J connectivity index is 1.49. The summed E-state index contributed by atoms with van der Waals surface area (Å²) in [7, 11) is 2.84. The molecule has 2 aromatic heterocycles. The molecule has 7 nitrogen and oxygen atoms in total. The predicted molar refractivity (Wildman–Crippen MR) is 118 cm³/mol. The van der Waals surface area contributed by atoms with Crippen molar-refractivity contribution in [2.75, 3.05) is 19.0 Å². The Bertz CT molecular complexity index is 1160. The molecule has 4 heterocycles. The van der Waals surface area contributed by atoms with E-state index in [2.05, 4.69) is 34.1 Å². The number of aromatic nitrogens is 1. The summed E-state index contributed by atoms with van der Waals surface area (Å²) in [4.78, 5) is 48.3. The van der Waals surface area contributed by atoms with Gasteiger partial charge in [-0.2, -0.15) is 0 Å². The molecule has 0 atom stereocenters. The monoisotopic (exact) mass is 498 g/mol. The van der Waals surface area contributed by atoms with Crippen molar-refractivity contribution in [1.29, 1.82) is 0 Å². The average molecular weight is 497 g/mol. The molecule has 9 heteroatoms. The number of nitrogens with zero attached hydrogens (tertiary/aromatic N) is 4. The normalized spacial score (nSPS) is 16.6. The van der Waals surface area contributed by atoms with Crippen molar-refractivity contribution in [3.05, 3.63) is 59.2 Å². The standard InChI is InChI=1S/C22H18N4O3SSe/c1-24-20(27)14(21(28)25(2)22(24)29)12-13-9-10-18(31-13)26-15-6-3-4-7-16(15)30-17-8-5-11-23-19(17)26/h3-11,14H,12H2,1-2H3. The van der Waals surface area contributed by atoms with Crippen LogP contribution in [0.15, 0.2) is 64.5 Å². The average Bonchev–Trinajstić information content (AvgIpc) is 3.25. The van der Waals surface area contributed by atoms with Crippen LogP contribution in [-0.2, 0) is 16.0 Å². The van der Waals surface area contributed by atoms with Gasteiger partial charge >= 0.3 is 190 Å². The molecule has 1 saturated heterocycles. The van der Waals surface area contributed by atoms with E-state index in [1.165, 1.54) is 14.1 Å². The molecule has 156 valence electrons. The van der Waals surface area contributed by atoms with E-state index in [0.29, 0.717) is 6.42 Å². The van der Waals surface area contributed by atoms with E-state index in [0.717, 1.165) is 40.1 Å². The summed E-state index contributed by atoms with van der Waals surface area (Å²) in [5.74, 6) is -0.845. The fraction of sp³-hybridized carbons (Fsp3) is 0.182. The minimum atomic E-state index is -0.858. The van der Waals surface area contributed by atoms with E-state index in [1.807, 2.05) is 24.3 Å². The number of hydrogen-bond donors (Lipinski definition) is 0. The topological polar surface area (TPSA) is 73.8 Å². The Morgan fingerprint density at radius 3 is 2.42 bits per heavy atom. The maximum absolute atomic E-state index is 12.6. The van der Waals surface area contributed by atoms with Crippen molar-refractivity contribution in [1.82, 2.24) is 14.8 Å². The molecule has 31 heavy (non-hydrogen) atoms. The molecule has 1 fully saturated rings. The Kier molecular flexibility index (Phi) is 4.96. The van der Waals surface area contributed by atoms with Gasteiger partial charge in [-0.05, 0) is 0 Å². The summed E-state index contributed by atoms with van der Waals surface area (Å²) < 4.78 is 2.14. The zero-order valence-electron chi connectivity index (χ0n) is 16.8. The van der Waals surface area contributed by atoms with Crippen molar-refractivity contribution < 1.29 is 14.4 Å². The number of carbonyl (C=O) groups excluding carboxylic acids is 3. The van der Waals surface area contributed by atoms with Crippen LogP contribution in [0.25, 0.3) is 0 Å². The van der Waals surface area contributed by atoms with Gasteiger partial charge in [-0.1, -0.05) is 0 Å². The molecule has 0 unspecified atom stereocenters. The van der Waals surface area contributed by atoms with E-state index in [9.17, 15) is 14.4 Å². The number of anilines is 3. The van der Waals surface area contributed by atoms with Gasteiger partial charge in [0, 0.05) is 0 Å². The zero-order chi connectivity index (χ0) is 21.7. The molecule has 3 aromatic rings. The summed E-state index contributed by atoms with van der Waals surface area (Å²) in [6.07, 6.45) is 2.11. The van der Waals surface area contributed by atoms with Crippen LogP contribution in [-0.4, -0.2) is 61.2 Å². The summed E-state index contributed by atoms with van der Waals surface area (Å²) in [6.45, 7) is 0. The van der Waals surface area contributed by atoms with E-state index >= 15 is 0 Å². The fourth-order valence-corrected chi connectivity index (χ4v) is 7.04. The number of benzene rings is 1. The quantitative estimate of drug-likeness (QED) is 0.320. The zero-order valence-corrected chi connectivity index (χ0v) is 19.3. The van der Waals surface area contributed by atoms with Crippen molar-refractivity contribution >= 4 is 60.2 Å². The third-order valence-corrected chi connectivity index (χ3v) is 8.79. The third kappa shape index (κ3) is 3.29. The number of para-hydroxylation sites is 1. The van der Waals surface area contributed by atoms with Crippen LogP contribution in [0.3, 0.4) is 0 Å². The minimum absolute atomic E-state index is 0.0803. The van der Waals surface area contributed by atoms with Crippen LogP contribution in [0.4, 0.5) is 20.9 Å². The van der Waals surface area contributed by atoms with Gasteiger partial charge in [0.05, 0.1) is 0 Å². The number of hydrogen-bond acceptors (Lipinski definition) is 6. The van der Waals surface area contributed by atoms with Gasteiger partial charge < -0.3 is 0 Å². The molecule has 0 saturated carbocycles. The molecular formula is C22H18N4O3SSe. The van der Waals surface area contributed by atoms with Gasteiger partial charge in [0.15, 0.2) is 0 Å². The second-order valence-electron chi connectivity index (χ2n) is 7.30. The number of rotatable bonds is 3. The van der Waals surface area contributed by atoms with Crippen LogP contribution in [0.5, 0.6) is 0 Å². The van der Waals surface area contributed by atoms with E-state index in [1.54, 1.807) is 18.0 Å². The number of amides is 4. The molecule has 4 amide bonds. The van der Waals surface area contributed by atoms with Crippen LogP contribution in [0.1, 0.15) is 4.44 Å². The Morgan fingerprint density at radius 1 is 0.935 bits per heavy atom. The number of carbonyl (C=O) groups is 3. The fourth-order valence-electron chi connectivity index (χ4n) is 3.77. The molecule has 0 spiro atoms. The number of barbiturate groups is 1. The van der Waals surface area contributed by atoms with Gasteiger partial charge in [0.25, 0.3) is 0 Å². The second kappa shape index (κ2) is 7.67. The van der Waals surface area contributed by atoms with Crippen molar-refractivity contribution in [2.24, 2.45) is 5.92 Å². The first-order valence-corrected chi connectivity index (χ1v) is 12.2. The molecular weight excluding hydrogens is 479 g/mol. The first-order valence-electron chi connectivity index (χ1n) is 9.65. The summed E-state index contributed by atoms with van der Waals surface area (Å²) in [5.41, 5.74) is 1.08. The van der Waals surface area contributed by atoms with Gasteiger partial charge in [-0.3, -0.25) is 0 Å². The molecule has 1 aromatic carbocycles. The van der Waals surface area contributed by atoms with Crippen LogP contribution < -0.4 is 4.90 Å². The molecule has 0 N–H and O–H groups in total. The molecule has 5 rings (SSSR count). The first kappa shape index (κ1) is 20.1. The molecule has 0 radical (unpaired) electrons. The predicted octanol–water partition coefficient (Wildman–Crippen LogP) is 3.28. The third-order valence-electron chi connectivity index (χ3n) is 5.39. The van der Waals surface area contributed by atoms with Gasteiger partial charge in [0.1, 0.15) is 0 Å². The Morgan fingerprint density at radius 2 is 1.65 bits per heavy atom. The Labute approximate surface area is 189 Å². The Hall–Kier alpha value is -2.87. The van der Waals surface area contributed by atoms with Crippen molar-refractivity contribution in [2.45, 2.75) is 16.2 Å². The van der Waals surface area contributed by atoms with E-state index < -0.39 is 23.8 Å². The molecule has 2 aliphatic heterocycles. The van der Waals surface area contributed by atoms with Crippen LogP contribution in [0.2, 0.25) is 0 Å². The van der Waals surface area contributed by atoms with Gasteiger partial charge in [-0.15, -0.1) is 0 Å². The van der Waals surface area contributed by atoms with Crippen LogP contribution in [0, 0.1) is 5.92 Å². The number of pyridine rings is 1. The second-order valence-corrected chi connectivity index (χ2v) is 10.8. The van der Waals surface area contributed by atoms with Crippen molar-refractivity contribution in [3.63, 3.8) is 0 Å². The molecule has 0 bridgehead atoms. The van der Waals surface area contributed by atoms with E-state index in [-0.39, 0.29) is 14.5 Å². The molecule has 0 aliphatic carbocycles. The summed E-state index contributed by atoms with van der Waals surface area (Å²) in [6, 6.07) is 15.7. The molecule has 2 aliphatic rings. The van der Waals surface area contributed by atoms with Crippen molar-refractivity contribution in [3.8, 4) is 0 Å². The maximum atomic E-state index is 12.6.